The highest BCUT2D eigenvalue weighted by Gasteiger charge is 2.13. The Labute approximate surface area is 124 Å². The predicted molar refractivity (Wildman–Crippen MR) is 85.1 cm³/mol. The molecule has 0 aliphatic carbocycles. The second kappa shape index (κ2) is 5.75. The van der Waals surface area contributed by atoms with Gasteiger partial charge >= 0.3 is 0 Å². The molecule has 0 atom stereocenters. The number of aromatic nitrogens is 2. The molecule has 106 valence electrons. The van der Waals surface area contributed by atoms with E-state index < -0.39 is 0 Å². The number of nitrogens with one attached hydrogen (secondary N) is 2. The summed E-state index contributed by atoms with van der Waals surface area (Å²) in [6, 6.07) is 6.44. The van der Waals surface area contributed by atoms with E-state index in [2.05, 4.69) is 42.0 Å². The van der Waals surface area contributed by atoms with Gasteiger partial charge in [0.05, 0.1) is 0 Å². The van der Waals surface area contributed by atoms with Gasteiger partial charge in [0.15, 0.2) is 4.77 Å². The monoisotopic (exact) mass is 288 g/mol. The zero-order chi connectivity index (χ0) is 14.9. The molecule has 0 bridgehead atoms. The number of hydrogen-bond donors (Lipinski definition) is 2. The minimum absolute atomic E-state index is 0.0804. The summed E-state index contributed by atoms with van der Waals surface area (Å²) in [6.45, 7) is 8.21. The first-order valence-electron chi connectivity index (χ1n) is 6.79. The van der Waals surface area contributed by atoms with Crippen molar-refractivity contribution in [3.8, 4) is 0 Å². The van der Waals surface area contributed by atoms with Crippen LogP contribution in [0.4, 0.5) is 0 Å². The molecule has 0 aliphatic heterocycles. The van der Waals surface area contributed by atoms with Gasteiger partial charge in [-0.1, -0.05) is 43.2 Å². The van der Waals surface area contributed by atoms with Gasteiger partial charge in [0.25, 0.3) is 5.56 Å². The Morgan fingerprint density at radius 3 is 2.25 bits per heavy atom. The summed E-state index contributed by atoms with van der Waals surface area (Å²) in [5.41, 5.74) is 5.28. The molecular formula is C16H20N2OS. The molecule has 0 fully saturated rings. The van der Waals surface area contributed by atoms with Crippen LogP contribution in [0.15, 0.2) is 23.0 Å². The van der Waals surface area contributed by atoms with Crippen LogP contribution in [0.1, 0.15) is 47.7 Å². The molecule has 0 saturated carbocycles. The highest BCUT2D eigenvalue weighted by atomic mass is 32.1. The van der Waals surface area contributed by atoms with Crippen molar-refractivity contribution in [3.05, 3.63) is 61.3 Å². The fourth-order valence-electron chi connectivity index (χ4n) is 2.67. The fraction of sp³-hybridized carbons (Fsp3) is 0.375. The van der Waals surface area contributed by atoms with Gasteiger partial charge in [-0.15, -0.1) is 0 Å². The van der Waals surface area contributed by atoms with Crippen LogP contribution in [-0.4, -0.2) is 9.97 Å². The van der Waals surface area contributed by atoms with Crippen molar-refractivity contribution < 1.29 is 0 Å². The molecule has 0 aliphatic rings. The Hall–Kier alpha value is -1.68. The number of benzene rings is 1. The average Bonchev–Trinajstić information content (AvgIpc) is 2.25. The highest BCUT2D eigenvalue weighted by molar-refractivity contribution is 7.71. The van der Waals surface area contributed by atoms with Gasteiger partial charge in [0.2, 0.25) is 0 Å². The Bertz CT molecular complexity index is 721. The van der Waals surface area contributed by atoms with Crippen LogP contribution in [0.25, 0.3) is 0 Å². The van der Waals surface area contributed by atoms with Crippen LogP contribution >= 0.6 is 12.2 Å². The van der Waals surface area contributed by atoms with Crippen LogP contribution in [0.3, 0.4) is 0 Å². The topological polar surface area (TPSA) is 48.6 Å². The third-order valence-electron chi connectivity index (χ3n) is 3.30. The second-order valence-electron chi connectivity index (χ2n) is 5.63. The second-order valence-corrected chi connectivity index (χ2v) is 6.04. The average molecular weight is 288 g/mol. The zero-order valence-corrected chi connectivity index (χ0v) is 13.1. The lowest BCUT2D eigenvalue weighted by molar-refractivity contribution is 0.795. The van der Waals surface area contributed by atoms with E-state index in [1.165, 1.54) is 16.7 Å². The van der Waals surface area contributed by atoms with Crippen LogP contribution in [0, 0.1) is 18.6 Å². The number of hydrogen-bond acceptors (Lipinski definition) is 2. The Balaban J connectivity index is 2.52. The summed E-state index contributed by atoms with van der Waals surface area (Å²) in [5, 5.41) is 0. The summed E-state index contributed by atoms with van der Waals surface area (Å²) in [7, 11) is 0. The smallest absolute Gasteiger partial charge is 0.255 e. The van der Waals surface area contributed by atoms with Crippen molar-refractivity contribution >= 4 is 12.2 Å². The SMILES string of the molecule is Cc1cc(C)cc(Cc2[nH]c(=S)[nH]c(=O)c2C(C)C)c1. The molecule has 0 radical (unpaired) electrons. The largest absolute Gasteiger partial charge is 0.335 e. The number of aryl methyl sites for hydroxylation is 2. The first kappa shape index (κ1) is 14.7. The molecule has 3 nitrogen and oxygen atoms in total. The zero-order valence-electron chi connectivity index (χ0n) is 12.3. The third kappa shape index (κ3) is 3.25. The van der Waals surface area contributed by atoms with Crippen LogP contribution in [0.5, 0.6) is 0 Å². The maximum atomic E-state index is 12.1. The molecule has 0 saturated heterocycles. The maximum absolute atomic E-state index is 12.1. The number of aromatic amines is 2. The van der Waals surface area contributed by atoms with Gasteiger partial charge in [-0.25, -0.2) is 0 Å². The lowest BCUT2D eigenvalue weighted by Crippen LogP contribution is -2.19. The van der Waals surface area contributed by atoms with E-state index in [0.717, 1.165) is 11.3 Å². The molecule has 2 rings (SSSR count). The molecule has 0 amide bonds. The van der Waals surface area contributed by atoms with Gasteiger partial charge in [-0.3, -0.25) is 9.78 Å². The summed E-state index contributed by atoms with van der Waals surface area (Å²) in [4.78, 5) is 17.9. The summed E-state index contributed by atoms with van der Waals surface area (Å²) in [5.74, 6) is 0.159. The van der Waals surface area contributed by atoms with Crippen molar-refractivity contribution in [3.63, 3.8) is 0 Å². The molecule has 2 N–H and O–H groups in total. The molecular weight excluding hydrogens is 268 g/mol. The van der Waals surface area contributed by atoms with E-state index in [4.69, 9.17) is 12.2 Å². The molecule has 1 aromatic heterocycles. The van der Waals surface area contributed by atoms with Crippen molar-refractivity contribution in [2.45, 2.75) is 40.0 Å². The van der Waals surface area contributed by atoms with Gasteiger partial charge in [-0.05, 0) is 37.5 Å². The lowest BCUT2D eigenvalue weighted by atomic mass is 9.97. The predicted octanol–water partition coefficient (Wildman–Crippen LogP) is 3.76. The van der Waals surface area contributed by atoms with Crippen molar-refractivity contribution in [1.29, 1.82) is 0 Å². The normalized spacial score (nSPS) is 11.1. The van der Waals surface area contributed by atoms with Gasteiger partial charge < -0.3 is 4.98 Å². The molecule has 2 aromatic rings. The molecule has 0 spiro atoms. The van der Waals surface area contributed by atoms with Crippen LogP contribution < -0.4 is 5.56 Å². The van der Waals surface area contributed by atoms with Gasteiger partial charge in [0, 0.05) is 17.7 Å². The van der Waals surface area contributed by atoms with Crippen molar-refractivity contribution in [2.24, 2.45) is 0 Å². The quantitative estimate of drug-likeness (QED) is 0.845. The van der Waals surface area contributed by atoms with E-state index >= 15 is 0 Å². The summed E-state index contributed by atoms with van der Waals surface area (Å²) >= 11 is 5.09. The van der Waals surface area contributed by atoms with Crippen molar-refractivity contribution in [2.75, 3.05) is 0 Å². The standard InChI is InChI=1S/C16H20N2OS/c1-9(2)14-13(17-16(20)18-15(14)19)8-12-6-10(3)5-11(4)7-12/h5-7,9H,8H2,1-4H3,(H2,17,18,19,20). The Kier molecular flexibility index (Phi) is 4.23. The maximum Gasteiger partial charge on any atom is 0.255 e. The summed E-state index contributed by atoms with van der Waals surface area (Å²) < 4.78 is 0.388. The minimum Gasteiger partial charge on any atom is -0.335 e. The molecule has 1 aromatic carbocycles. The first-order valence-corrected chi connectivity index (χ1v) is 7.20. The van der Waals surface area contributed by atoms with Crippen molar-refractivity contribution in [1.82, 2.24) is 9.97 Å². The van der Waals surface area contributed by atoms with Crippen LogP contribution in [0.2, 0.25) is 0 Å². The number of rotatable bonds is 3. The molecule has 1 heterocycles. The molecule has 20 heavy (non-hydrogen) atoms. The summed E-state index contributed by atoms with van der Waals surface area (Å²) in [6.07, 6.45) is 0.698. The van der Waals surface area contributed by atoms with E-state index in [1.807, 2.05) is 13.8 Å². The number of H-pyrrole nitrogens is 2. The van der Waals surface area contributed by atoms with E-state index in [0.29, 0.717) is 11.2 Å². The third-order valence-corrected chi connectivity index (χ3v) is 3.51. The van der Waals surface area contributed by atoms with Gasteiger partial charge in [-0.2, -0.15) is 0 Å². The first-order chi connectivity index (χ1) is 9.36. The van der Waals surface area contributed by atoms with Gasteiger partial charge in [0.1, 0.15) is 0 Å². The fourth-order valence-corrected chi connectivity index (χ4v) is 2.88. The molecule has 4 heteroatoms. The van der Waals surface area contributed by atoms with E-state index in [1.54, 1.807) is 0 Å². The lowest BCUT2D eigenvalue weighted by Gasteiger charge is -2.12. The van der Waals surface area contributed by atoms with E-state index in [9.17, 15) is 4.79 Å². The van der Waals surface area contributed by atoms with Crippen LogP contribution in [-0.2, 0) is 6.42 Å². The Morgan fingerprint density at radius 2 is 1.70 bits per heavy atom. The molecule has 0 unspecified atom stereocenters. The Morgan fingerprint density at radius 1 is 1.10 bits per heavy atom. The minimum atomic E-state index is -0.0804. The highest BCUT2D eigenvalue weighted by Crippen LogP contribution is 2.18. The van der Waals surface area contributed by atoms with E-state index in [-0.39, 0.29) is 11.5 Å².